The molecule has 312 valence electrons. The Morgan fingerprint density at radius 2 is 1.46 bits per heavy atom. The van der Waals surface area contributed by atoms with Crippen molar-refractivity contribution >= 4 is 34.1 Å². The number of ether oxygens (including phenoxy) is 1. The maximum atomic E-state index is 10.9. The maximum Gasteiger partial charge on any atom is 0.164 e. The summed E-state index contributed by atoms with van der Waals surface area (Å²) in [7, 11) is 0. The average molecular weight is 971 g/mol. The molecule has 3 aromatic carbocycles. The van der Waals surface area contributed by atoms with E-state index >= 15 is 0 Å². The first-order valence-corrected chi connectivity index (χ1v) is 20.9. The van der Waals surface area contributed by atoms with Crippen LogP contribution in [0.15, 0.2) is 85.2 Å². The number of piperidine rings is 2. The van der Waals surface area contributed by atoms with Crippen LogP contribution in [0, 0.1) is 5.92 Å². The molecule has 0 aliphatic carbocycles. The fourth-order valence-corrected chi connectivity index (χ4v) is 8.68. The quantitative estimate of drug-likeness (QED) is 0.103. The van der Waals surface area contributed by atoms with Gasteiger partial charge in [0.1, 0.15) is 35.6 Å². The van der Waals surface area contributed by atoms with Gasteiger partial charge in [-0.2, -0.15) is 5.10 Å². The van der Waals surface area contributed by atoms with E-state index in [4.69, 9.17) is 21.3 Å². The maximum absolute atomic E-state index is 10.9. The van der Waals surface area contributed by atoms with Gasteiger partial charge in [-0.25, -0.2) is 14.6 Å². The number of nitrogens with one attached hydrogen (secondary N) is 2. The molecular weight excluding hydrogens is 914 g/mol. The van der Waals surface area contributed by atoms with Crippen LogP contribution >= 0.6 is 0 Å². The molecule has 15 heteroatoms. The van der Waals surface area contributed by atoms with Gasteiger partial charge in [0, 0.05) is 103 Å². The SMILES string of the molecule is [NH-]C(=O)CCC(O)Nc1ccc(N2CCN(CC3CCN(CCN4CCC(n5nc(-c6ccc(Oc7ccccc7)cc6)c6c(N)ncnc65)CC4)CC3)CC2)cc1.[W]. The summed E-state index contributed by atoms with van der Waals surface area (Å²) in [5.41, 5.74) is 18.0. The summed E-state index contributed by atoms with van der Waals surface area (Å²) in [5, 5.41) is 19.0. The summed E-state index contributed by atoms with van der Waals surface area (Å²) in [6.07, 6.45) is 5.55. The number of nitrogens with two attached hydrogens (primary N) is 1. The van der Waals surface area contributed by atoms with E-state index in [1.165, 1.54) is 38.2 Å². The third kappa shape index (κ3) is 11.0. The Hall–Kier alpha value is -4.59. The number of aromatic nitrogens is 4. The number of benzene rings is 3. The van der Waals surface area contributed by atoms with Crippen molar-refractivity contribution in [2.45, 2.75) is 50.8 Å². The number of nitrogen functional groups attached to an aromatic ring is 1. The van der Waals surface area contributed by atoms with Crippen molar-refractivity contribution in [1.82, 2.24) is 34.4 Å². The minimum atomic E-state index is -0.833. The Labute approximate surface area is 361 Å². The number of aliphatic hydroxyl groups is 1. The van der Waals surface area contributed by atoms with Crippen molar-refractivity contribution in [3.05, 3.63) is 90.9 Å². The van der Waals surface area contributed by atoms with Crippen LogP contribution in [0.5, 0.6) is 11.5 Å². The van der Waals surface area contributed by atoms with Gasteiger partial charge in [0.05, 0.1) is 11.4 Å². The number of hydrogen-bond acceptors (Lipinski definition) is 12. The number of carbonyl (C=O) groups is 1. The van der Waals surface area contributed by atoms with Crippen molar-refractivity contribution < 1.29 is 35.7 Å². The van der Waals surface area contributed by atoms with Crippen molar-refractivity contribution in [3.8, 4) is 22.8 Å². The van der Waals surface area contributed by atoms with Gasteiger partial charge in [0.25, 0.3) is 0 Å². The predicted octanol–water partition coefficient (Wildman–Crippen LogP) is 6.13. The number of carbonyl (C=O) groups excluding carboxylic acids is 1. The Kier molecular flexibility index (Phi) is 14.5. The first-order chi connectivity index (χ1) is 28.3. The van der Waals surface area contributed by atoms with Crippen molar-refractivity contribution in [1.29, 1.82) is 0 Å². The molecule has 5 heterocycles. The molecule has 0 bridgehead atoms. The zero-order valence-electron chi connectivity index (χ0n) is 33.7. The fourth-order valence-electron chi connectivity index (χ4n) is 8.68. The summed E-state index contributed by atoms with van der Waals surface area (Å²) in [5.74, 6) is 2.11. The normalized spacial score (nSPS) is 18.1. The molecule has 3 fully saturated rings. The zero-order valence-corrected chi connectivity index (χ0v) is 36.6. The van der Waals surface area contributed by atoms with E-state index in [-0.39, 0.29) is 39.9 Å². The second kappa shape index (κ2) is 20.1. The van der Waals surface area contributed by atoms with Crippen LogP contribution < -0.4 is 20.7 Å². The summed E-state index contributed by atoms with van der Waals surface area (Å²) in [4.78, 5) is 30.2. The third-order valence-corrected chi connectivity index (χ3v) is 12.1. The van der Waals surface area contributed by atoms with Gasteiger partial charge in [-0.15, -0.1) is 0 Å². The van der Waals surface area contributed by atoms with Crippen LogP contribution in [0.2, 0.25) is 0 Å². The second-order valence-corrected chi connectivity index (χ2v) is 16.0. The van der Waals surface area contributed by atoms with E-state index < -0.39 is 12.1 Å². The molecular formula is C44H56N11O3W-. The Morgan fingerprint density at radius 3 is 2.12 bits per heavy atom. The summed E-state index contributed by atoms with van der Waals surface area (Å²) < 4.78 is 8.11. The van der Waals surface area contributed by atoms with Crippen LogP contribution in [0.3, 0.4) is 0 Å². The molecule has 3 aliphatic heterocycles. The van der Waals surface area contributed by atoms with Crippen molar-refractivity contribution in [3.63, 3.8) is 0 Å². The van der Waals surface area contributed by atoms with Gasteiger partial charge in [0.2, 0.25) is 0 Å². The number of hydrogen-bond donors (Lipinski definition) is 3. The number of anilines is 3. The number of fused-ring (bicyclic) bond motifs is 1. The minimum Gasteiger partial charge on any atom is -0.668 e. The van der Waals surface area contributed by atoms with Crippen molar-refractivity contribution in [2.24, 2.45) is 5.92 Å². The molecule has 0 spiro atoms. The number of aliphatic hydroxyl groups excluding tert-OH is 1. The molecule has 14 nitrogen and oxygen atoms in total. The first-order valence-electron chi connectivity index (χ1n) is 20.9. The summed E-state index contributed by atoms with van der Waals surface area (Å²) in [6.45, 7) is 12.0. The number of likely N-dealkylation sites (tertiary alicyclic amines) is 2. The molecule has 1 atom stereocenters. The molecule has 2 aromatic heterocycles. The van der Waals surface area contributed by atoms with Gasteiger partial charge >= 0.3 is 0 Å². The standard InChI is InChI=1S/C44H57N11O3.W/c45-39(56)14-15-40(57)49-34-8-10-35(11-9-34)54-28-26-53(27-29-54)30-32-16-20-51(21-17-32)24-25-52-22-18-36(19-23-52)55-44-41(43(46)47-31-48-44)42(50-55)33-6-12-38(13-7-33)58-37-4-2-1-3-5-37;/h1-13,31-32,36,40,49,57H,14-30H2,(H4,45,46,47,48,50,56);/p-1. The van der Waals surface area contributed by atoms with Crippen molar-refractivity contribution in [2.75, 3.05) is 87.9 Å². The number of nitrogens with zero attached hydrogens (tertiary/aromatic N) is 8. The molecule has 1 amide bonds. The smallest absolute Gasteiger partial charge is 0.164 e. The molecule has 0 saturated carbocycles. The summed E-state index contributed by atoms with van der Waals surface area (Å²) in [6, 6.07) is 26.1. The number of rotatable bonds is 15. The predicted molar refractivity (Wildman–Crippen MR) is 229 cm³/mol. The van der Waals surface area contributed by atoms with E-state index in [0.717, 1.165) is 111 Å². The van der Waals surface area contributed by atoms with E-state index in [9.17, 15) is 9.90 Å². The fraction of sp³-hybridized carbons (Fsp3) is 0.455. The van der Waals surface area contributed by atoms with Gasteiger partial charge in [-0.05, 0) is 118 Å². The van der Waals surface area contributed by atoms with E-state index in [0.29, 0.717) is 5.82 Å². The monoisotopic (exact) mass is 970 g/mol. The molecule has 0 radical (unpaired) electrons. The Bertz CT molecular complexity index is 2080. The number of amides is 1. The van der Waals surface area contributed by atoms with E-state index in [1.54, 1.807) is 6.33 Å². The van der Waals surface area contributed by atoms with Crippen LogP contribution in [0.4, 0.5) is 17.2 Å². The van der Waals surface area contributed by atoms with Crippen LogP contribution in [-0.2, 0) is 25.9 Å². The molecule has 3 saturated heterocycles. The number of para-hydroxylation sites is 1. The first kappa shape index (κ1) is 42.5. The van der Waals surface area contributed by atoms with Crippen LogP contribution in [0.25, 0.3) is 28.0 Å². The molecule has 8 rings (SSSR count). The van der Waals surface area contributed by atoms with Gasteiger partial charge in [-0.1, -0.05) is 18.2 Å². The molecule has 3 aliphatic rings. The second-order valence-electron chi connectivity index (χ2n) is 16.0. The molecule has 5 aromatic rings. The topological polar surface area (TPSA) is 165 Å². The molecule has 1 unspecified atom stereocenters. The van der Waals surface area contributed by atoms with Gasteiger partial charge in [0.15, 0.2) is 5.65 Å². The minimum absolute atomic E-state index is 0. The van der Waals surface area contributed by atoms with Gasteiger partial charge in [-0.3, -0.25) is 4.90 Å². The largest absolute Gasteiger partial charge is 0.668 e. The third-order valence-electron chi connectivity index (χ3n) is 12.1. The van der Waals surface area contributed by atoms with E-state index in [1.807, 2.05) is 66.7 Å². The molecule has 5 N–H and O–H groups in total. The Morgan fingerprint density at radius 1 is 0.814 bits per heavy atom. The zero-order chi connectivity index (χ0) is 39.8. The average Bonchev–Trinajstić information content (AvgIpc) is 3.65. The molecule has 59 heavy (non-hydrogen) atoms. The number of piperazine rings is 1. The Balaban J connectivity index is 0.00000528. The van der Waals surface area contributed by atoms with E-state index in [2.05, 4.69) is 51.7 Å². The van der Waals surface area contributed by atoms with Crippen LogP contribution in [-0.4, -0.2) is 124 Å². The van der Waals surface area contributed by atoms with Gasteiger partial charge < -0.3 is 46.1 Å². The van der Waals surface area contributed by atoms with Crippen LogP contribution in [0.1, 0.15) is 44.6 Å². The summed E-state index contributed by atoms with van der Waals surface area (Å²) >= 11 is 0.